The van der Waals surface area contributed by atoms with Gasteiger partial charge in [0, 0.05) is 26.2 Å². The number of ether oxygens (including phenoxy) is 2. The van der Waals surface area contributed by atoms with Crippen molar-refractivity contribution in [2.45, 2.75) is 52.0 Å². The number of aliphatic hydroxyl groups is 1. The SMILES string of the molecule is CC(C)(C)OC(=O)NCCCN=C(N)N1Cc2ccc(OC[C@@H](O)C(=O)O)cc2C1. The molecule has 5 N–H and O–H groups in total. The van der Waals surface area contributed by atoms with E-state index in [1.807, 2.05) is 17.0 Å². The van der Waals surface area contributed by atoms with Crippen LogP contribution in [-0.4, -0.2) is 64.5 Å². The second kappa shape index (κ2) is 10.1. The standard InChI is InChI=1S/C20H30N4O6/c1-20(2,3)30-19(28)23-8-4-7-22-18(21)24-10-13-5-6-15(9-14(13)11-24)29-12-16(25)17(26)27/h5-6,9,16,25H,4,7-8,10-12H2,1-3H3,(H2,21,22)(H,23,28)(H,26,27)/t16-/m1/s1. The zero-order valence-electron chi connectivity index (χ0n) is 17.6. The lowest BCUT2D eigenvalue weighted by Crippen LogP contribution is -2.34. The van der Waals surface area contributed by atoms with E-state index in [1.54, 1.807) is 26.8 Å². The van der Waals surface area contributed by atoms with Crippen molar-refractivity contribution >= 4 is 18.0 Å². The molecule has 0 unspecified atom stereocenters. The first-order chi connectivity index (χ1) is 14.0. The van der Waals surface area contributed by atoms with E-state index in [1.165, 1.54) is 0 Å². The Labute approximate surface area is 175 Å². The zero-order valence-corrected chi connectivity index (χ0v) is 17.6. The maximum absolute atomic E-state index is 11.6. The minimum Gasteiger partial charge on any atom is -0.490 e. The molecule has 10 heteroatoms. The molecule has 1 amide bonds. The summed E-state index contributed by atoms with van der Waals surface area (Å²) in [6.45, 7) is 7.17. The predicted molar refractivity (Wildman–Crippen MR) is 110 cm³/mol. The van der Waals surface area contributed by atoms with Crippen LogP contribution in [0.5, 0.6) is 5.75 Å². The molecule has 2 rings (SSSR count). The van der Waals surface area contributed by atoms with E-state index in [9.17, 15) is 14.7 Å². The molecule has 10 nitrogen and oxygen atoms in total. The van der Waals surface area contributed by atoms with Crippen LogP contribution in [0.3, 0.4) is 0 Å². The summed E-state index contributed by atoms with van der Waals surface area (Å²) < 4.78 is 10.5. The minimum absolute atomic E-state index is 0.321. The lowest BCUT2D eigenvalue weighted by molar-refractivity contribution is -0.148. The fraction of sp³-hybridized carbons (Fsp3) is 0.550. The van der Waals surface area contributed by atoms with Crippen molar-refractivity contribution in [3.63, 3.8) is 0 Å². The average Bonchev–Trinajstić information content (AvgIpc) is 3.07. The van der Waals surface area contributed by atoms with Crippen molar-refractivity contribution in [1.29, 1.82) is 0 Å². The van der Waals surface area contributed by atoms with Crippen LogP contribution in [0.1, 0.15) is 38.3 Å². The van der Waals surface area contributed by atoms with Crippen LogP contribution in [-0.2, 0) is 22.6 Å². The van der Waals surface area contributed by atoms with Crippen molar-refractivity contribution in [3.8, 4) is 5.75 Å². The lowest BCUT2D eigenvalue weighted by atomic mass is 10.1. The Morgan fingerprint density at radius 1 is 1.30 bits per heavy atom. The highest BCUT2D eigenvalue weighted by Gasteiger charge is 2.21. The number of carbonyl (C=O) groups is 2. The van der Waals surface area contributed by atoms with Gasteiger partial charge in [0.1, 0.15) is 18.0 Å². The van der Waals surface area contributed by atoms with Gasteiger partial charge in [-0.1, -0.05) is 6.07 Å². The van der Waals surface area contributed by atoms with Gasteiger partial charge in [0.15, 0.2) is 12.1 Å². The zero-order chi connectivity index (χ0) is 22.3. The Balaban J connectivity index is 1.77. The van der Waals surface area contributed by atoms with Crippen LogP contribution < -0.4 is 15.8 Å². The molecule has 166 valence electrons. The van der Waals surface area contributed by atoms with Gasteiger partial charge in [0.2, 0.25) is 0 Å². The fourth-order valence-corrected chi connectivity index (χ4v) is 2.75. The van der Waals surface area contributed by atoms with Crippen LogP contribution in [0.15, 0.2) is 23.2 Å². The van der Waals surface area contributed by atoms with Gasteiger partial charge in [0.25, 0.3) is 0 Å². The molecule has 1 aliphatic heterocycles. The van der Waals surface area contributed by atoms with Crippen LogP contribution in [0.25, 0.3) is 0 Å². The number of alkyl carbamates (subject to hydrolysis) is 1. The summed E-state index contributed by atoms with van der Waals surface area (Å²) in [5, 5.41) is 20.7. The third kappa shape index (κ3) is 7.43. The largest absolute Gasteiger partial charge is 0.490 e. The molecule has 0 fully saturated rings. The normalized spacial score (nSPS) is 14.8. The fourth-order valence-electron chi connectivity index (χ4n) is 2.75. The number of nitrogens with two attached hydrogens (primary N) is 1. The molecule has 1 aromatic carbocycles. The van der Waals surface area contributed by atoms with Crippen molar-refractivity contribution in [2.24, 2.45) is 10.7 Å². The van der Waals surface area contributed by atoms with Crippen molar-refractivity contribution in [3.05, 3.63) is 29.3 Å². The number of aliphatic hydroxyl groups excluding tert-OH is 1. The van der Waals surface area contributed by atoms with E-state index in [4.69, 9.17) is 20.3 Å². The molecule has 0 radical (unpaired) electrons. The van der Waals surface area contributed by atoms with Gasteiger partial charge in [0.05, 0.1) is 0 Å². The van der Waals surface area contributed by atoms with E-state index < -0.39 is 23.8 Å². The van der Waals surface area contributed by atoms with Crippen LogP contribution in [0.2, 0.25) is 0 Å². The van der Waals surface area contributed by atoms with E-state index in [0.717, 1.165) is 11.1 Å². The van der Waals surface area contributed by atoms with Gasteiger partial charge >= 0.3 is 12.1 Å². The monoisotopic (exact) mass is 422 g/mol. The Hall–Kier alpha value is -3.01. The van der Waals surface area contributed by atoms with Gasteiger partial charge in [-0.2, -0.15) is 0 Å². The quantitative estimate of drug-likeness (QED) is 0.276. The summed E-state index contributed by atoms with van der Waals surface area (Å²) in [5.41, 5.74) is 7.64. The molecule has 0 aliphatic carbocycles. The summed E-state index contributed by atoms with van der Waals surface area (Å²) in [6, 6.07) is 5.42. The first-order valence-corrected chi connectivity index (χ1v) is 9.72. The molecular weight excluding hydrogens is 392 g/mol. The van der Waals surface area contributed by atoms with Crippen molar-refractivity contribution in [2.75, 3.05) is 19.7 Å². The second-order valence-corrected chi connectivity index (χ2v) is 7.97. The number of aliphatic carboxylic acids is 1. The number of fused-ring (bicyclic) bond motifs is 1. The summed E-state index contributed by atoms with van der Waals surface area (Å²) >= 11 is 0. The highest BCUT2D eigenvalue weighted by molar-refractivity contribution is 5.79. The first kappa shape index (κ1) is 23.3. The van der Waals surface area contributed by atoms with Crippen LogP contribution >= 0.6 is 0 Å². The highest BCUT2D eigenvalue weighted by Crippen LogP contribution is 2.26. The number of carboxylic acid groups (broad SMARTS) is 1. The molecule has 0 bridgehead atoms. The predicted octanol–water partition coefficient (Wildman–Crippen LogP) is 1.06. The summed E-state index contributed by atoms with van der Waals surface area (Å²) in [4.78, 5) is 28.5. The highest BCUT2D eigenvalue weighted by atomic mass is 16.6. The molecule has 1 atom stereocenters. The molecule has 1 aromatic rings. The summed E-state index contributed by atoms with van der Waals surface area (Å²) in [7, 11) is 0. The second-order valence-electron chi connectivity index (χ2n) is 7.97. The Kier molecular flexibility index (Phi) is 7.87. The molecule has 1 aliphatic rings. The lowest BCUT2D eigenvalue weighted by Gasteiger charge is -2.19. The third-order valence-corrected chi connectivity index (χ3v) is 4.19. The molecule has 1 heterocycles. The Bertz CT molecular complexity index is 790. The summed E-state index contributed by atoms with van der Waals surface area (Å²) in [5.74, 6) is -0.431. The van der Waals surface area contributed by atoms with Crippen molar-refractivity contribution < 1.29 is 29.3 Å². The average molecular weight is 422 g/mol. The number of hydrogen-bond donors (Lipinski definition) is 4. The van der Waals surface area contributed by atoms with E-state index in [0.29, 0.717) is 44.3 Å². The molecule has 0 spiro atoms. The Morgan fingerprint density at radius 3 is 2.67 bits per heavy atom. The van der Waals surface area contributed by atoms with Gasteiger partial charge in [-0.15, -0.1) is 0 Å². The van der Waals surface area contributed by atoms with Crippen molar-refractivity contribution in [1.82, 2.24) is 10.2 Å². The third-order valence-electron chi connectivity index (χ3n) is 4.19. The van der Waals surface area contributed by atoms with Gasteiger partial charge in [-0.05, 0) is 50.5 Å². The van der Waals surface area contributed by atoms with Gasteiger partial charge in [-0.3, -0.25) is 4.99 Å². The molecule has 0 saturated carbocycles. The number of hydrogen-bond acceptors (Lipinski definition) is 6. The Morgan fingerprint density at radius 2 is 2.00 bits per heavy atom. The molecule has 30 heavy (non-hydrogen) atoms. The number of aliphatic imine (C=N–C) groups is 1. The number of amides is 1. The number of nitrogens with zero attached hydrogens (tertiary/aromatic N) is 2. The van der Waals surface area contributed by atoms with E-state index >= 15 is 0 Å². The van der Waals surface area contributed by atoms with Crippen LogP contribution in [0.4, 0.5) is 4.79 Å². The number of carboxylic acids is 1. The number of benzene rings is 1. The smallest absolute Gasteiger partial charge is 0.407 e. The number of rotatable bonds is 8. The van der Waals surface area contributed by atoms with E-state index in [2.05, 4.69) is 10.3 Å². The first-order valence-electron chi connectivity index (χ1n) is 9.72. The molecule has 0 aromatic heterocycles. The minimum atomic E-state index is -1.57. The number of carbonyl (C=O) groups excluding carboxylic acids is 1. The molecular formula is C20H30N4O6. The van der Waals surface area contributed by atoms with Gasteiger partial charge in [-0.25, -0.2) is 9.59 Å². The maximum atomic E-state index is 11.6. The number of nitrogens with one attached hydrogen (secondary N) is 1. The van der Waals surface area contributed by atoms with Crippen LogP contribution in [0, 0.1) is 0 Å². The van der Waals surface area contributed by atoms with E-state index in [-0.39, 0.29) is 6.61 Å². The maximum Gasteiger partial charge on any atom is 0.407 e. The summed E-state index contributed by atoms with van der Waals surface area (Å²) in [6.07, 6.45) is -1.39. The van der Waals surface area contributed by atoms with Gasteiger partial charge < -0.3 is 35.6 Å². The molecule has 0 saturated heterocycles. The number of guanidine groups is 1. The topological polar surface area (TPSA) is 147 Å².